The second-order valence-corrected chi connectivity index (χ2v) is 7.41. The fourth-order valence-electron chi connectivity index (χ4n) is 3.68. The van der Waals surface area contributed by atoms with Gasteiger partial charge < -0.3 is 10.5 Å². The highest BCUT2D eigenvalue weighted by atomic mass is 35.5. The Balaban J connectivity index is 0.00000320. The van der Waals surface area contributed by atoms with Crippen molar-refractivity contribution in [1.29, 1.82) is 0 Å². The van der Waals surface area contributed by atoms with Gasteiger partial charge in [-0.3, -0.25) is 29.4 Å². The number of piperidine rings is 1. The van der Waals surface area contributed by atoms with Gasteiger partial charge >= 0.3 is 0 Å². The number of amides is 4. The van der Waals surface area contributed by atoms with E-state index in [1.165, 1.54) is 6.42 Å². The van der Waals surface area contributed by atoms with Crippen LogP contribution in [0.25, 0.3) is 0 Å². The van der Waals surface area contributed by atoms with E-state index in [-0.39, 0.29) is 36.4 Å². The maximum Gasteiger partial charge on any atom is 0.262 e. The summed E-state index contributed by atoms with van der Waals surface area (Å²) in [5, 5.41) is 2.19. The topological polar surface area (TPSA) is 119 Å². The summed E-state index contributed by atoms with van der Waals surface area (Å²) in [5.41, 5.74) is 5.97. The number of nitrogens with zero attached hydrogens (tertiary/aromatic N) is 1. The van der Waals surface area contributed by atoms with Gasteiger partial charge in [0.25, 0.3) is 11.8 Å². The number of fused-ring (bicyclic) bond motifs is 1. The molecule has 0 radical (unpaired) electrons. The Bertz CT molecular complexity index is 814. The molecule has 1 aromatic carbocycles. The van der Waals surface area contributed by atoms with Crippen LogP contribution in [0.2, 0.25) is 0 Å². The van der Waals surface area contributed by atoms with Crippen molar-refractivity contribution in [1.82, 2.24) is 10.2 Å². The minimum absolute atomic E-state index is 0. The van der Waals surface area contributed by atoms with E-state index in [9.17, 15) is 19.2 Å². The van der Waals surface area contributed by atoms with E-state index in [2.05, 4.69) is 5.32 Å². The van der Waals surface area contributed by atoms with Crippen LogP contribution in [0.5, 0.6) is 5.75 Å². The maximum atomic E-state index is 12.8. The normalized spacial score (nSPS) is 18.2. The molecule has 3 N–H and O–H groups in total. The lowest BCUT2D eigenvalue weighted by molar-refractivity contribution is -0.136. The summed E-state index contributed by atoms with van der Waals surface area (Å²) in [6.45, 7) is 1.28. The Hall–Kier alpha value is -2.45. The number of nitrogens with two attached hydrogens (primary N) is 1. The highest BCUT2D eigenvalue weighted by Crippen LogP contribution is 2.30. The first-order chi connectivity index (χ1) is 14.0. The Morgan fingerprint density at radius 3 is 2.33 bits per heavy atom. The fourth-order valence-corrected chi connectivity index (χ4v) is 3.68. The molecule has 1 saturated heterocycles. The highest BCUT2D eigenvalue weighted by Gasteiger charge is 2.44. The van der Waals surface area contributed by atoms with Crippen molar-refractivity contribution in [2.75, 3.05) is 13.2 Å². The third-order valence-electron chi connectivity index (χ3n) is 5.28. The minimum Gasteiger partial charge on any atom is -0.494 e. The largest absolute Gasteiger partial charge is 0.494 e. The van der Waals surface area contributed by atoms with Crippen molar-refractivity contribution >= 4 is 36.0 Å². The van der Waals surface area contributed by atoms with Crippen molar-refractivity contribution in [2.45, 2.75) is 57.4 Å². The number of nitrogens with one attached hydrogen (secondary N) is 1. The molecule has 2 heterocycles. The SMILES string of the molecule is Cl.NCCCCCCCCOc1ccc2c(c1)C(=O)N(C1CCC(=O)NC1=O)C2=O. The zero-order chi connectivity index (χ0) is 20.8. The van der Waals surface area contributed by atoms with Gasteiger partial charge in [-0.05, 0) is 44.0 Å². The smallest absolute Gasteiger partial charge is 0.262 e. The van der Waals surface area contributed by atoms with E-state index in [0.717, 1.165) is 43.5 Å². The van der Waals surface area contributed by atoms with E-state index in [4.69, 9.17) is 10.5 Å². The Kier molecular flexibility index (Phi) is 8.80. The summed E-state index contributed by atoms with van der Waals surface area (Å²) >= 11 is 0. The van der Waals surface area contributed by atoms with Crippen LogP contribution in [0.15, 0.2) is 18.2 Å². The molecule has 9 heteroatoms. The Morgan fingerprint density at radius 2 is 1.63 bits per heavy atom. The average molecular weight is 438 g/mol. The number of imide groups is 2. The lowest BCUT2D eigenvalue weighted by Gasteiger charge is -2.27. The van der Waals surface area contributed by atoms with Crippen LogP contribution >= 0.6 is 12.4 Å². The van der Waals surface area contributed by atoms with Gasteiger partial charge in [0.15, 0.2) is 0 Å². The van der Waals surface area contributed by atoms with Crippen molar-refractivity contribution < 1.29 is 23.9 Å². The molecule has 4 amide bonds. The van der Waals surface area contributed by atoms with Crippen LogP contribution in [0.4, 0.5) is 0 Å². The predicted octanol–water partition coefficient (Wildman–Crippen LogP) is 2.19. The molecule has 30 heavy (non-hydrogen) atoms. The van der Waals surface area contributed by atoms with Crippen LogP contribution in [-0.2, 0) is 9.59 Å². The first-order valence-electron chi connectivity index (χ1n) is 10.2. The third-order valence-corrected chi connectivity index (χ3v) is 5.28. The summed E-state index contributed by atoms with van der Waals surface area (Å²) in [5.74, 6) is -1.51. The Labute approximate surface area is 181 Å². The maximum absolute atomic E-state index is 12.8. The van der Waals surface area contributed by atoms with Crippen LogP contribution in [0.3, 0.4) is 0 Å². The van der Waals surface area contributed by atoms with Gasteiger partial charge in [-0.15, -0.1) is 12.4 Å². The van der Waals surface area contributed by atoms with E-state index in [1.807, 2.05) is 0 Å². The first-order valence-corrected chi connectivity index (χ1v) is 10.2. The highest BCUT2D eigenvalue weighted by molar-refractivity contribution is 6.23. The fraction of sp³-hybridized carbons (Fsp3) is 0.524. The number of ether oxygens (including phenoxy) is 1. The van der Waals surface area contributed by atoms with Gasteiger partial charge in [0.1, 0.15) is 11.8 Å². The summed E-state index contributed by atoms with van der Waals surface area (Å²) in [7, 11) is 0. The molecule has 1 aromatic rings. The van der Waals surface area contributed by atoms with Crippen molar-refractivity contribution in [3.8, 4) is 5.75 Å². The number of carbonyl (C=O) groups excluding carboxylic acids is 4. The number of hydrogen-bond donors (Lipinski definition) is 2. The molecule has 0 bridgehead atoms. The van der Waals surface area contributed by atoms with E-state index < -0.39 is 29.7 Å². The zero-order valence-electron chi connectivity index (χ0n) is 16.9. The van der Waals surface area contributed by atoms with Crippen LogP contribution < -0.4 is 15.8 Å². The van der Waals surface area contributed by atoms with Crippen LogP contribution in [-0.4, -0.2) is 47.7 Å². The van der Waals surface area contributed by atoms with Crippen molar-refractivity contribution in [3.05, 3.63) is 29.3 Å². The summed E-state index contributed by atoms with van der Waals surface area (Å²) in [4.78, 5) is 49.8. The second-order valence-electron chi connectivity index (χ2n) is 7.41. The quantitative estimate of drug-likeness (QED) is 0.427. The molecule has 164 valence electrons. The number of halogens is 1. The van der Waals surface area contributed by atoms with Crippen LogP contribution in [0, 0.1) is 0 Å². The predicted molar refractivity (Wildman–Crippen MR) is 113 cm³/mol. The first kappa shape index (κ1) is 23.8. The molecule has 0 aromatic heterocycles. The van der Waals surface area contributed by atoms with E-state index in [1.54, 1.807) is 18.2 Å². The summed E-state index contributed by atoms with van der Waals surface area (Å²) in [6, 6.07) is 3.83. The summed E-state index contributed by atoms with van der Waals surface area (Å²) < 4.78 is 5.73. The molecule has 1 atom stereocenters. The minimum atomic E-state index is -0.955. The van der Waals surface area contributed by atoms with Gasteiger partial charge in [0.05, 0.1) is 17.7 Å². The monoisotopic (exact) mass is 437 g/mol. The van der Waals surface area contributed by atoms with Crippen molar-refractivity contribution in [3.63, 3.8) is 0 Å². The molecular weight excluding hydrogens is 410 g/mol. The average Bonchev–Trinajstić information content (AvgIpc) is 2.94. The lowest BCUT2D eigenvalue weighted by Crippen LogP contribution is -2.54. The molecule has 1 fully saturated rings. The van der Waals surface area contributed by atoms with Gasteiger partial charge in [-0.1, -0.05) is 25.7 Å². The molecule has 0 saturated carbocycles. The van der Waals surface area contributed by atoms with Gasteiger partial charge in [0.2, 0.25) is 11.8 Å². The molecule has 1 unspecified atom stereocenters. The lowest BCUT2D eigenvalue weighted by atomic mass is 10.0. The number of rotatable bonds is 10. The second kappa shape index (κ2) is 11.1. The zero-order valence-corrected chi connectivity index (χ0v) is 17.7. The number of hydrogen-bond acceptors (Lipinski definition) is 6. The van der Waals surface area contributed by atoms with Crippen LogP contribution in [0.1, 0.15) is 72.1 Å². The van der Waals surface area contributed by atoms with E-state index >= 15 is 0 Å². The summed E-state index contributed by atoms with van der Waals surface area (Å²) in [6.07, 6.45) is 6.75. The molecule has 8 nitrogen and oxygen atoms in total. The molecule has 2 aliphatic rings. The molecule has 0 aliphatic carbocycles. The molecular formula is C21H28ClN3O5. The molecule has 3 rings (SSSR count). The number of unbranched alkanes of at least 4 members (excludes halogenated alkanes) is 5. The molecule has 2 aliphatic heterocycles. The van der Waals surface area contributed by atoms with Gasteiger partial charge in [-0.25, -0.2) is 0 Å². The number of benzene rings is 1. The van der Waals surface area contributed by atoms with Crippen molar-refractivity contribution in [2.24, 2.45) is 5.73 Å². The standard InChI is InChI=1S/C21H27N3O5.ClH/c22-11-5-3-1-2-4-6-12-29-14-7-8-15-16(13-14)21(28)24(20(15)27)17-9-10-18(25)23-19(17)26;/h7-8,13,17H,1-6,9-12,22H2,(H,23,25,26);1H. The third kappa shape index (κ3) is 5.37. The molecule has 0 spiro atoms. The van der Waals surface area contributed by atoms with Gasteiger partial charge in [-0.2, -0.15) is 0 Å². The number of carbonyl (C=O) groups is 4. The van der Waals surface area contributed by atoms with E-state index in [0.29, 0.717) is 12.4 Å². The Morgan fingerprint density at radius 1 is 0.967 bits per heavy atom. The van der Waals surface area contributed by atoms with Gasteiger partial charge in [0, 0.05) is 6.42 Å².